The number of H-pyrrole nitrogens is 3. The minimum Gasteiger partial charge on any atom is -0.367 e. The second-order valence-electron chi connectivity index (χ2n) is 5.78. The molecule has 0 saturated heterocycles. The number of rotatable bonds is 3. The van der Waals surface area contributed by atoms with E-state index in [9.17, 15) is 9.59 Å². The summed E-state index contributed by atoms with van der Waals surface area (Å²) in [7, 11) is 0. The Kier molecular flexibility index (Phi) is 3.22. The number of imidazole rings is 1. The molecule has 1 fully saturated rings. The molecule has 3 aromatic rings. The summed E-state index contributed by atoms with van der Waals surface area (Å²) in [5, 5.41) is 3.42. The third-order valence-corrected chi connectivity index (χ3v) is 4.13. The van der Waals surface area contributed by atoms with Gasteiger partial charge in [-0.25, -0.2) is 14.8 Å². The number of pyridine rings is 1. The van der Waals surface area contributed by atoms with Gasteiger partial charge in [0.1, 0.15) is 17.2 Å². The lowest BCUT2D eigenvalue weighted by molar-refractivity contribution is 0.750. The first-order valence-electron chi connectivity index (χ1n) is 7.64. The van der Waals surface area contributed by atoms with E-state index in [2.05, 4.69) is 30.2 Å². The van der Waals surface area contributed by atoms with E-state index < -0.39 is 11.2 Å². The highest BCUT2D eigenvalue weighted by Gasteiger charge is 2.15. The van der Waals surface area contributed by atoms with Gasteiger partial charge in [0.15, 0.2) is 5.65 Å². The van der Waals surface area contributed by atoms with Crippen LogP contribution in [-0.4, -0.2) is 31.0 Å². The summed E-state index contributed by atoms with van der Waals surface area (Å²) >= 11 is 0. The van der Waals surface area contributed by atoms with Gasteiger partial charge in [-0.15, -0.1) is 0 Å². The maximum atomic E-state index is 11.7. The first kappa shape index (κ1) is 13.7. The van der Waals surface area contributed by atoms with E-state index >= 15 is 0 Å². The Morgan fingerprint density at radius 1 is 1.09 bits per heavy atom. The van der Waals surface area contributed by atoms with E-state index in [4.69, 9.17) is 0 Å². The summed E-state index contributed by atoms with van der Waals surface area (Å²) in [4.78, 5) is 39.2. The van der Waals surface area contributed by atoms with Crippen molar-refractivity contribution < 1.29 is 0 Å². The molecule has 0 spiro atoms. The van der Waals surface area contributed by atoms with E-state index in [1.54, 1.807) is 6.20 Å². The Hall–Kier alpha value is -2.90. The van der Waals surface area contributed by atoms with E-state index in [1.165, 1.54) is 25.7 Å². The molecule has 118 valence electrons. The molecular weight excluding hydrogens is 296 g/mol. The van der Waals surface area contributed by atoms with Crippen LogP contribution in [0.2, 0.25) is 0 Å². The van der Waals surface area contributed by atoms with Crippen molar-refractivity contribution in [1.82, 2.24) is 24.9 Å². The van der Waals surface area contributed by atoms with E-state index in [0.29, 0.717) is 11.9 Å². The number of anilines is 1. The van der Waals surface area contributed by atoms with Crippen LogP contribution in [0.25, 0.3) is 22.6 Å². The van der Waals surface area contributed by atoms with Crippen LogP contribution in [0.5, 0.6) is 0 Å². The van der Waals surface area contributed by atoms with Crippen LogP contribution in [0.3, 0.4) is 0 Å². The van der Waals surface area contributed by atoms with Gasteiger partial charge in [-0.1, -0.05) is 12.8 Å². The smallest absolute Gasteiger partial charge is 0.327 e. The number of fused-ring (bicyclic) bond motifs is 1. The summed E-state index contributed by atoms with van der Waals surface area (Å²) in [6.07, 6.45) is 6.59. The number of aromatic nitrogens is 5. The summed E-state index contributed by atoms with van der Waals surface area (Å²) in [5.41, 5.74) is 0.165. The molecule has 3 aromatic heterocycles. The van der Waals surface area contributed by atoms with Gasteiger partial charge in [-0.2, -0.15) is 0 Å². The number of hydrogen-bond acceptors (Lipinski definition) is 5. The highest BCUT2D eigenvalue weighted by molar-refractivity contribution is 5.74. The molecule has 4 rings (SSSR count). The fourth-order valence-electron chi connectivity index (χ4n) is 2.97. The highest BCUT2D eigenvalue weighted by atomic mass is 16.2. The first-order valence-corrected chi connectivity index (χ1v) is 7.64. The molecule has 0 aromatic carbocycles. The predicted molar refractivity (Wildman–Crippen MR) is 86.4 cm³/mol. The standard InChI is InChI=1S/C15H16N6O2/c22-14-11-13(20-15(23)21-14)19-12(18-11)8-5-6-10(16-7-8)17-9-3-1-2-4-9/h5-7,9H,1-4H2,(H,16,17)(H3,18,19,20,21,22,23). The van der Waals surface area contributed by atoms with Crippen molar-refractivity contribution in [3.63, 3.8) is 0 Å². The number of nitrogens with one attached hydrogen (secondary N) is 4. The lowest BCUT2D eigenvalue weighted by atomic mass is 10.2. The molecule has 8 heteroatoms. The average Bonchev–Trinajstić information content (AvgIpc) is 3.17. The molecule has 0 atom stereocenters. The number of nitrogens with zero attached hydrogens (tertiary/aromatic N) is 2. The van der Waals surface area contributed by atoms with Crippen LogP contribution in [0.15, 0.2) is 27.9 Å². The van der Waals surface area contributed by atoms with Crippen LogP contribution in [-0.2, 0) is 0 Å². The summed E-state index contributed by atoms with van der Waals surface area (Å²) in [5.74, 6) is 1.33. The minimum atomic E-state index is -0.574. The summed E-state index contributed by atoms with van der Waals surface area (Å²) in [6, 6.07) is 4.28. The molecule has 0 unspecified atom stereocenters. The topological polar surface area (TPSA) is 119 Å². The third kappa shape index (κ3) is 2.63. The van der Waals surface area contributed by atoms with Crippen LogP contribution < -0.4 is 16.6 Å². The van der Waals surface area contributed by atoms with Gasteiger partial charge >= 0.3 is 5.69 Å². The lowest BCUT2D eigenvalue weighted by Crippen LogP contribution is -2.21. The Morgan fingerprint density at radius 3 is 2.65 bits per heavy atom. The van der Waals surface area contributed by atoms with E-state index in [0.717, 1.165) is 11.4 Å². The Morgan fingerprint density at radius 2 is 1.91 bits per heavy atom. The van der Waals surface area contributed by atoms with Crippen molar-refractivity contribution in [2.24, 2.45) is 0 Å². The molecular formula is C15H16N6O2. The fraction of sp³-hybridized carbons (Fsp3) is 0.333. The molecule has 1 aliphatic rings. The van der Waals surface area contributed by atoms with E-state index in [-0.39, 0.29) is 11.2 Å². The van der Waals surface area contributed by atoms with Crippen molar-refractivity contribution in [2.75, 3.05) is 5.32 Å². The minimum absolute atomic E-state index is 0.238. The largest absolute Gasteiger partial charge is 0.367 e. The van der Waals surface area contributed by atoms with Gasteiger partial charge in [0, 0.05) is 17.8 Å². The monoisotopic (exact) mass is 312 g/mol. The summed E-state index contributed by atoms with van der Waals surface area (Å²) in [6.45, 7) is 0. The molecule has 1 saturated carbocycles. The quantitative estimate of drug-likeness (QED) is 0.582. The molecule has 0 bridgehead atoms. The Labute approximate surface area is 130 Å². The van der Waals surface area contributed by atoms with Gasteiger partial charge in [0.2, 0.25) is 0 Å². The second kappa shape index (κ2) is 5.38. The zero-order chi connectivity index (χ0) is 15.8. The predicted octanol–water partition coefficient (Wildman–Crippen LogP) is 1.36. The zero-order valence-corrected chi connectivity index (χ0v) is 12.3. The van der Waals surface area contributed by atoms with Crippen LogP contribution in [0, 0.1) is 0 Å². The molecule has 8 nitrogen and oxygen atoms in total. The maximum absolute atomic E-state index is 11.7. The molecule has 3 heterocycles. The maximum Gasteiger partial charge on any atom is 0.327 e. The highest BCUT2D eigenvalue weighted by Crippen LogP contribution is 2.23. The van der Waals surface area contributed by atoms with Crippen LogP contribution in [0.1, 0.15) is 25.7 Å². The zero-order valence-electron chi connectivity index (χ0n) is 12.3. The van der Waals surface area contributed by atoms with Crippen LogP contribution in [0.4, 0.5) is 5.82 Å². The van der Waals surface area contributed by atoms with Crippen molar-refractivity contribution in [2.45, 2.75) is 31.7 Å². The third-order valence-electron chi connectivity index (χ3n) is 4.13. The van der Waals surface area contributed by atoms with Gasteiger partial charge in [0.05, 0.1) is 0 Å². The number of aromatic amines is 3. The fourth-order valence-corrected chi connectivity index (χ4v) is 2.97. The van der Waals surface area contributed by atoms with E-state index in [1.807, 2.05) is 12.1 Å². The van der Waals surface area contributed by atoms with Crippen molar-refractivity contribution in [3.05, 3.63) is 39.2 Å². The average molecular weight is 312 g/mol. The molecule has 0 radical (unpaired) electrons. The Balaban J connectivity index is 1.63. The van der Waals surface area contributed by atoms with Gasteiger partial charge in [-0.05, 0) is 25.0 Å². The first-order chi connectivity index (χ1) is 11.2. The van der Waals surface area contributed by atoms with Crippen molar-refractivity contribution in [1.29, 1.82) is 0 Å². The number of hydrogen-bond donors (Lipinski definition) is 4. The second-order valence-corrected chi connectivity index (χ2v) is 5.78. The molecule has 23 heavy (non-hydrogen) atoms. The van der Waals surface area contributed by atoms with Gasteiger partial charge in [-0.3, -0.25) is 14.8 Å². The normalized spacial score (nSPS) is 15.3. The molecule has 4 N–H and O–H groups in total. The SMILES string of the molecule is O=c1[nH]c(=O)c2[nH]c(-c3ccc(NC4CCCC4)nc3)nc2[nH]1. The van der Waals surface area contributed by atoms with Gasteiger partial charge in [0.25, 0.3) is 5.56 Å². The van der Waals surface area contributed by atoms with Crippen LogP contribution >= 0.6 is 0 Å². The Bertz CT molecular complexity index is 946. The summed E-state index contributed by atoms with van der Waals surface area (Å²) < 4.78 is 0. The lowest BCUT2D eigenvalue weighted by Gasteiger charge is -2.12. The van der Waals surface area contributed by atoms with Crippen molar-refractivity contribution >= 4 is 17.0 Å². The molecule has 0 aliphatic heterocycles. The van der Waals surface area contributed by atoms with Gasteiger partial charge < -0.3 is 10.3 Å². The molecule has 0 amide bonds. The molecule has 1 aliphatic carbocycles. The van der Waals surface area contributed by atoms with Crippen molar-refractivity contribution in [3.8, 4) is 11.4 Å².